The van der Waals surface area contributed by atoms with Gasteiger partial charge in [0.2, 0.25) is 0 Å². The molecule has 0 bridgehead atoms. The van der Waals surface area contributed by atoms with E-state index in [2.05, 4.69) is 41.7 Å². The van der Waals surface area contributed by atoms with Crippen molar-refractivity contribution in [2.75, 3.05) is 41.5 Å². The second-order valence-corrected chi connectivity index (χ2v) is 7.57. The summed E-state index contributed by atoms with van der Waals surface area (Å²) in [7, 11) is 7.01. The standard InChI is InChI=1S/C27H33NO4/c1-28-19-18-26(31-4)20-32-27(21-8-6-5-7-9-21,22-10-14-24(29-2)15-11-22)23-12-16-25(30-3)17-13-23/h5-17,26,28H,18-20H2,1-4H3. The van der Waals surface area contributed by atoms with E-state index in [0.717, 1.165) is 41.2 Å². The van der Waals surface area contributed by atoms with Crippen LogP contribution in [0.3, 0.4) is 0 Å². The van der Waals surface area contributed by atoms with E-state index in [1.807, 2.05) is 49.5 Å². The van der Waals surface area contributed by atoms with Gasteiger partial charge in [-0.05, 0) is 61.0 Å². The van der Waals surface area contributed by atoms with Crippen LogP contribution in [0.4, 0.5) is 0 Å². The van der Waals surface area contributed by atoms with Gasteiger partial charge in [0.15, 0.2) is 0 Å². The summed E-state index contributed by atoms with van der Waals surface area (Å²) < 4.78 is 23.4. The fourth-order valence-corrected chi connectivity index (χ4v) is 3.87. The third-order valence-corrected chi connectivity index (χ3v) is 5.71. The van der Waals surface area contributed by atoms with Crippen LogP contribution in [0.2, 0.25) is 0 Å². The Labute approximate surface area is 191 Å². The van der Waals surface area contributed by atoms with Crippen molar-refractivity contribution in [1.29, 1.82) is 0 Å². The van der Waals surface area contributed by atoms with Crippen LogP contribution in [-0.4, -0.2) is 47.6 Å². The molecule has 5 heteroatoms. The van der Waals surface area contributed by atoms with Crippen LogP contribution in [-0.2, 0) is 15.1 Å². The molecule has 5 nitrogen and oxygen atoms in total. The minimum Gasteiger partial charge on any atom is -0.497 e. The summed E-state index contributed by atoms with van der Waals surface area (Å²) in [5.41, 5.74) is 2.24. The summed E-state index contributed by atoms with van der Waals surface area (Å²) in [4.78, 5) is 0. The third-order valence-electron chi connectivity index (χ3n) is 5.71. The molecule has 0 aliphatic carbocycles. The van der Waals surface area contributed by atoms with Crippen molar-refractivity contribution in [2.24, 2.45) is 0 Å². The van der Waals surface area contributed by atoms with Gasteiger partial charge in [-0.15, -0.1) is 0 Å². The fraction of sp³-hybridized carbons (Fsp3) is 0.333. The van der Waals surface area contributed by atoms with Gasteiger partial charge < -0.3 is 24.3 Å². The molecule has 0 spiro atoms. The molecule has 3 aromatic carbocycles. The van der Waals surface area contributed by atoms with Crippen molar-refractivity contribution in [3.05, 3.63) is 95.6 Å². The summed E-state index contributed by atoms with van der Waals surface area (Å²) in [5, 5.41) is 3.19. The average molecular weight is 436 g/mol. The third kappa shape index (κ3) is 5.30. The minimum atomic E-state index is -0.823. The molecule has 0 saturated carbocycles. The zero-order chi connectivity index (χ0) is 22.8. The SMILES string of the molecule is CNCCC(COC(c1ccccc1)(c1ccc(OC)cc1)c1ccc(OC)cc1)OC. The van der Waals surface area contributed by atoms with Gasteiger partial charge in [0, 0.05) is 7.11 Å². The van der Waals surface area contributed by atoms with Crippen LogP contribution in [0.5, 0.6) is 11.5 Å². The summed E-state index contributed by atoms with van der Waals surface area (Å²) in [6.07, 6.45) is 0.811. The molecule has 0 saturated heterocycles. The molecule has 0 amide bonds. The summed E-state index contributed by atoms with van der Waals surface area (Å²) in [6.45, 7) is 1.29. The minimum absolute atomic E-state index is 0.0398. The number of hydrogen-bond acceptors (Lipinski definition) is 5. The van der Waals surface area contributed by atoms with E-state index in [9.17, 15) is 0 Å². The second-order valence-electron chi connectivity index (χ2n) is 7.57. The maximum Gasteiger partial charge on any atom is 0.143 e. The van der Waals surface area contributed by atoms with E-state index < -0.39 is 5.60 Å². The van der Waals surface area contributed by atoms with Crippen molar-refractivity contribution in [3.63, 3.8) is 0 Å². The van der Waals surface area contributed by atoms with Crippen LogP contribution in [0.25, 0.3) is 0 Å². The number of nitrogens with one attached hydrogen (secondary N) is 1. The normalized spacial score (nSPS) is 12.4. The summed E-state index contributed by atoms with van der Waals surface area (Å²) in [5.74, 6) is 1.60. The lowest BCUT2D eigenvalue weighted by molar-refractivity contribution is -0.0535. The van der Waals surface area contributed by atoms with Crippen molar-refractivity contribution < 1.29 is 18.9 Å². The highest BCUT2D eigenvalue weighted by Crippen LogP contribution is 2.41. The molecule has 1 atom stereocenters. The number of hydrogen-bond donors (Lipinski definition) is 1. The first-order valence-electron chi connectivity index (χ1n) is 10.8. The predicted octanol–water partition coefficient (Wildman–Crippen LogP) is 4.64. The Bertz CT molecular complexity index is 879. The molecule has 32 heavy (non-hydrogen) atoms. The van der Waals surface area contributed by atoms with Crippen molar-refractivity contribution in [2.45, 2.75) is 18.1 Å². The Hall–Kier alpha value is -2.86. The van der Waals surface area contributed by atoms with Crippen LogP contribution in [0.1, 0.15) is 23.1 Å². The molecule has 1 unspecified atom stereocenters. The average Bonchev–Trinajstić information content (AvgIpc) is 2.87. The van der Waals surface area contributed by atoms with Crippen molar-refractivity contribution in [3.8, 4) is 11.5 Å². The predicted molar refractivity (Wildman–Crippen MR) is 128 cm³/mol. The number of rotatable bonds is 12. The van der Waals surface area contributed by atoms with Gasteiger partial charge in [-0.25, -0.2) is 0 Å². The quantitative estimate of drug-likeness (QED) is 0.420. The number of methoxy groups -OCH3 is 3. The first-order valence-corrected chi connectivity index (χ1v) is 10.8. The molecule has 0 fully saturated rings. The number of benzene rings is 3. The van der Waals surface area contributed by atoms with Crippen LogP contribution >= 0.6 is 0 Å². The van der Waals surface area contributed by atoms with Crippen LogP contribution in [0, 0.1) is 0 Å². The Balaban J connectivity index is 2.14. The lowest BCUT2D eigenvalue weighted by Gasteiger charge is -2.37. The highest BCUT2D eigenvalue weighted by molar-refractivity contribution is 5.49. The molecular weight excluding hydrogens is 402 g/mol. The lowest BCUT2D eigenvalue weighted by Crippen LogP contribution is -2.36. The highest BCUT2D eigenvalue weighted by atomic mass is 16.5. The number of ether oxygens (including phenoxy) is 4. The van der Waals surface area contributed by atoms with Gasteiger partial charge in [-0.3, -0.25) is 0 Å². The van der Waals surface area contributed by atoms with E-state index in [1.54, 1.807) is 21.3 Å². The zero-order valence-electron chi connectivity index (χ0n) is 19.3. The maximum atomic E-state index is 6.85. The molecule has 0 aromatic heterocycles. The maximum absolute atomic E-state index is 6.85. The molecule has 170 valence electrons. The molecule has 0 aliphatic rings. The van der Waals surface area contributed by atoms with Gasteiger partial charge in [-0.2, -0.15) is 0 Å². The lowest BCUT2D eigenvalue weighted by atomic mass is 9.80. The topological polar surface area (TPSA) is 49.0 Å². The Morgan fingerprint density at radius 2 is 1.22 bits per heavy atom. The van der Waals surface area contributed by atoms with E-state index >= 15 is 0 Å². The molecule has 3 rings (SSSR count). The van der Waals surface area contributed by atoms with Gasteiger partial charge >= 0.3 is 0 Å². The molecule has 0 aliphatic heterocycles. The Morgan fingerprint density at radius 1 is 0.719 bits per heavy atom. The van der Waals surface area contributed by atoms with Gasteiger partial charge in [0.05, 0.1) is 26.9 Å². The molecule has 0 radical (unpaired) electrons. The van der Waals surface area contributed by atoms with E-state index in [4.69, 9.17) is 18.9 Å². The fourth-order valence-electron chi connectivity index (χ4n) is 3.87. The van der Waals surface area contributed by atoms with Gasteiger partial charge in [-0.1, -0.05) is 54.6 Å². The second kappa shape index (κ2) is 11.7. The smallest absolute Gasteiger partial charge is 0.143 e. The Morgan fingerprint density at radius 3 is 1.66 bits per heavy atom. The first-order chi connectivity index (χ1) is 15.7. The van der Waals surface area contributed by atoms with Gasteiger partial charge in [0.1, 0.15) is 17.1 Å². The summed E-state index contributed by atoms with van der Waals surface area (Å²) >= 11 is 0. The summed E-state index contributed by atoms with van der Waals surface area (Å²) in [6, 6.07) is 26.4. The van der Waals surface area contributed by atoms with Crippen LogP contribution < -0.4 is 14.8 Å². The van der Waals surface area contributed by atoms with E-state index in [1.165, 1.54) is 0 Å². The molecule has 0 heterocycles. The monoisotopic (exact) mass is 435 g/mol. The van der Waals surface area contributed by atoms with E-state index in [-0.39, 0.29) is 6.10 Å². The molecule has 3 aromatic rings. The van der Waals surface area contributed by atoms with Gasteiger partial charge in [0.25, 0.3) is 0 Å². The Kier molecular flexibility index (Phi) is 8.68. The first kappa shape index (κ1) is 23.8. The van der Waals surface area contributed by atoms with E-state index in [0.29, 0.717) is 6.61 Å². The van der Waals surface area contributed by atoms with Crippen LogP contribution in [0.15, 0.2) is 78.9 Å². The van der Waals surface area contributed by atoms with Crippen molar-refractivity contribution >= 4 is 0 Å². The highest BCUT2D eigenvalue weighted by Gasteiger charge is 2.38. The molecular formula is C27H33NO4. The van der Waals surface area contributed by atoms with Crippen molar-refractivity contribution in [1.82, 2.24) is 5.32 Å². The molecule has 1 N–H and O–H groups in total. The zero-order valence-corrected chi connectivity index (χ0v) is 19.3. The largest absolute Gasteiger partial charge is 0.497 e.